The summed E-state index contributed by atoms with van der Waals surface area (Å²) < 4.78 is 26.3. The van der Waals surface area contributed by atoms with Crippen LogP contribution in [-0.4, -0.2) is 36.1 Å². The molecule has 102 valence electrons. The molecule has 0 spiro atoms. The van der Waals surface area contributed by atoms with E-state index in [9.17, 15) is 8.42 Å². The molecule has 1 aromatic heterocycles. The van der Waals surface area contributed by atoms with Gasteiger partial charge in [0.25, 0.3) is 0 Å². The summed E-state index contributed by atoms with van der Waals surface area (Å²) in [6.45, 7) is 3.64. The lowest BCUT2D eigenvalue weighted by molar-refractivity contribution is 0.240. The van der Waals surface area contributed by atoms with Crippen molar-refractivity contribution in [1.29, 1.82) is 0 Å². The normalized spacial score (nSPS) is 13.8. The number of halogens is 1. The number of aliphatic hydroxyl groups excluding tert-OH is 1. The van der Waals surface area contributed by atoms with Crippen molar-refractivity contribution in [2.24, 2.45) is 5.92 Å². The smallest absolute Gasteiger partial charge is 0.243 e. The summed E-state index contributed by atoms with van der Waals surface area (Å²) in [6, 6.07) is -0.523. The van der Waals surface area contributed by atoms with Gasteiger partial charge in [0.15, 0.2) is 0 Å². The van der Waals surface area contributed by atoms with Gasteiger partial charge in [0.1, 0.15) is 4.90 Å². The minimum atomic E-state index is -3.73. The van der Waals surface area contributed by atoms with Crippen LogP contribution < -0.4 is 4.72 Å². The molecule has 0 amide bonds. The Morgan fingerprint density at radius 3 is 2.39 bits per heavy atom. The Kier molecular flexibility index (Phi) is 5.46. The Hall–Kier alpha value is -0.760. The molecule has 6 nitrogen and oxygen atoms in total. The molecule has 0 aliphatic heterocycles. The maximum atomic E-state index is 11.9. The fourth-order valence-electron chi connectivity index (χ4n) is 1.46. The topological polar surface area (TPSA) is 92.2 Å². The highest BCUT2D eigenvalue weighted by molar-refractivity contribution is 7.89. The molecule has 1 heterocycles. The van der Waals surface area contributed by atoms with Crippen molar-refractivity contribution < 1.29 is 13.5 Å². The van der Waals surface area contributed by atoms with Gasteiger partial charge in [-0.25, -0.2) is 23.1 Å². The molecule has 0 aliphatic carbocycles. The van der Waals surface area contributed by atoms with Crippen molar-refractivity contribution in [3.8, 4) is 0 Å². The Bertz CT molecular complexity index is 476. The van der Waals surface area contributed by atoms with Crippen molar-refractivity contribution in [3.05, 3.63) is 17.7 Å². The van der Waals surface area contributed by atoms with E-state index in [1.807, 2.05) is 13.8 Å². The third kappa shape index (κ3) is 4.49. The molecule has 1 rings (SSSR count). The minimum absolute atomic E-state index is 0.0187. The number of nitrogens with zero attached hydrogens (tertiary/aromatic N) is 2. The second kappa shape index (κ2) is 6.42. The Morgan fingerprint density at radius 2 is 1.94 bits per heavy atom. The molecule has 8 heteroatoms. The van der Waals surface area contributed by atoms with Gasteiger partial charge in [-0.05, 0) is 23.9 Å². The Balaban J connectivity index is 2.83. The van der Waals surface area contributed by atoms with Crippen LogP contribution in [0, 0.1) is 5.92 Å². The van der Waals surface area contributed by atoms with Gasteiger partial charge in [-0.15, -0.1) is 0 Å². The average molecular weight is 294 g/mol. The lowest BCUT2D eigenvalue weighted by atomic mass is 10.1. The van der Waals surface area contributed by atoms with Crippen LogP contribution in [0.5, 0.6) is 0 Å². The molecule has 0 radical (unpaired) electrons. The van der Waals surface area contributed by atoms with Crippen molar-refractivity contribution in [1.82, 2.24) is 14.7 Å². The van der Waals surface area contributed by atoms with Gasteiger partial charge in [0.2, 0.25) is 15.3 Å². The maximum absolute atomic E-state index is 11.9. The highest BCUT2D eigenvalue weighted by atomic mass is 35.5. The van der Waals surface area contributed by atoms with Crippen LogP contribution in [0.3, 0.4) is 0 Å². The van der Waals surface area contributed by atoms with Crippen LogP contribution in [0.4, 0.5) is 0 Å². The zero-order chi connectivity index (χ0) is 13.8. The predicted octanol–water partition coefficient (Wildman–Crippen LogP) is 0.815. The molecule has 0 saturated heterocycles. The number of aromatic nitrogens is 2. The van der Waals surface area contributed by atoms with E-state index in [2.05, 4.69) is 14.7 Å². The number of hydrogen-bond acceptors (Lipinski definition) is 5. The fourth-order valence-corrected chi connectivity index (χ4v) is 2.68. The molecule has 0 bridgehead atoms. The largest absolute Gasteiger partial charge is 0.395 e. The van der Waals surface area contributed by atoms with E-state index in [1.54, 1.807) is 0 Å². The van der Waals surface area contributed by atoms with Crippen LogP contribution in [0.15, 0.2) is 17.3 Å². The van der Waals surface area contributed by atoms with Crippen molar-refractivity contribution in [3.63, 3.8) is 0 Å². The quantitative estimate of drug-likeness (QED) is 0.758. The molecule has 1 atom stereocenters. The predicted molar refractivity (Wildman–Crippen MR) is 67.7 cm³/mol. The standard InChI is InChI=1S/C10H16ClN3O3S/c1-7(2)3-8(6-15)14-18(16,17)9-4-12-10(11)13-5-9/h4-5,7-8,14-15H,3,6H2,1-2H3. The number of aliphatic hydroxyl groups is 1. The fraction of sp³-hybridized carbons (Fsp3) is 0.600. The molecule has 0 saturated carbocycles. The third-order valence-corrected chi connectivity index (χ3v) is 3.88. The van der Waals surface area contributed by atoms with Crippen LogP contribution in [0.1, 0.15) is 20.3 Å². The highest BCUT2D eigenvalue weighted by Gasteiger charge is 2.21. The summed E-state index contributed by atoms with van der Waals surface area (Å²) in [7, 11) is -3.73. The van der Waals surface area contributed by atoms with Crippen molar-refractivity contribution >= 4 is 21.6 Å². The first-order valence-corrected chi connectivity index (χ1v) is 7.32. The van der Waals surface area contributed by atoms with E-state index < -0.39 is 16.1 Å². The number of hydrogen-bond donors (Lipinski definition) is 2. The van der Waals surface area contributed by atoms with E-state index >= 15 is 0 Å². The van der Waals surface area contributed by atoms with Crippen molar-refractivity contribution in [2.45, 2.75) is 31.2 Å². The van der Waals surface area contributed by atoms with Crippen LogP contribution in [0.25, 0.3) is 0 Å². The molecule has 2 N–H and O–H groups in total. The van der Waals surface area contributed by atoms with Crippen molar-refractivity contribution in [2.75, 3.05) is 6.61 Å². The zero-order valence-electron chi connectivity index (χ0n) is 10.2. The molecule has 1 aromatic rings. The van der Waals surface area contributed by atoms with Gasteiger partial charge in [0, 0.05) is 6.04 Å². The maximum Gasteiger partial charge on any atom is 0.243 e. The molecule has 1 unspecified atom stereocenters. The first-order valence-electron chi connectivity index (χ1n) is 5.46. The van der Waals surface area contributed by atoms with Gasteiger partial charge in [-0.3, -0.25) is 0 Å². The average Bonchev–Trinajstić information content (AvgIpc) is 2.27. The summed E-state index contributed by atoms with van der Waals surface area (Å²) in [5, 5.41) is 9.13. The SMILES string of the molecule is CC(C)CC(CO)NS(=O)(=O)c1cnc(Cl)nc1. The summed E-state index contributed by atoms with van der Waals surface area (Å²) >= 11 is 5.49. The van der Waals surface area contributed by atoms with Gasteiger partial charge in [-0.1, -0.05) is 13.8 Å². The van der Waals surface area contributed by atoms with E-state index in [0.29, 0.717) is 6.42 Å². The number of rotatable bonds is 6. The lowest BCUT2D eigenvalue weighted by Gasteiger charge is -2.17. The van der Waals surface area contributed by atoms with E-state index in [-0.39, 0.29) is 22.7 Å². The Morgan fingerprint density at radius 1 is 1.39 bits per heavy atom. The molecular weight excluding hydrogens is 278 g/mol. The second-order valence-electron chi connectivity index (χ2n) is 4.32. The summed E-state index contributed by atoms with van der Waals surface area (Å²) in [6.07, 6.45) is 2.80. The third-order valence-electron chi connectivity index (χ3n) is 2.21. The van der Waals surface area contributed by atoms with Crippen LogP contribution >= 0.6 is 11.6 Å². The lowest BCUT2D eigenvalue weighted by Crippen LogP contribution is -2.38. The zero-order valence-corrected chi connectivity index (χ0v) is 11.7. The summed E-state index contributed by atoms with van der Waals surface area (Å²) in [4.78, 5) is 7.15. The molecular formula is C10H16ClN3O3S. The second-order valence-corrected chi connectivity index (χ2v) is 6.37. The number of sulfonamides is 1. The van der Waals surface area contributed by atoms with Gasteiger partial charge < -0.3 is 5.11 Å². The molecule has 0 aliphatic rings. The van der Waals surface area contributed by atoms with E-state index in [1.165, 1.54) is 0 Å². The van der Waals surface area contributed by atoms with Gasteiger partial charge in [-0.2, -0.15) is 0 Å². The molecule has 18 heavy (non-hydrogen) atoms. The van der Waals surface area contributed by atoms with Gasteiger partial charge in [0.05, 0.1) is 19.0 Å². The first kappa shape index (κ1) is 15.3. The first-order chi connectivity index (χ1) is 8.35. The molecule has 0 fully saturated rings. The summed E-state index contributed by atoms with van der Waals surface area (Å²) in [5.74, 6) is 0.270. The van der Waals surface area contributed by atoms with Crippen LogP contribution in [-0.2, 0) is 10.0 Å². The molecule has 0 aromatic carbocycles. The van der Waals surface area contributed by atoms with E-state index in [0.717, 1.165) is 12.4 Å². The Labute approximate surface area is 111 Å². The number of nitrogens with one attached hydrogen (secondary N) is 1. The van der Waals surface area contributed by atoms with E-state index in [4.69, 9.17) is 16.7 Å². The minimum Gasteiger partial charge on any atom is -0.395 e. The monoisotopic (exact) mass is 293 g/mol. The summed E-state index contributed by atoms with van der Waals surface area (Å²) in [5.41, 5.74) is 0. The van der Waals surface area contributed by atoms with Crippen LogP contribution in [0.2, 0.25) is 5.28 Å². The highest BCUT2D eigenvalue weighted by Crippen LogP contribution is 2.11. The van der Waals surface area contributed by atoms with Gasteiger partial charge >= 0.3 is 0 Å².